The molecule has 0 unspecified atom stereocenters. The van der Waals surface area contributed by atoms with Crippen LogP contribution in [0.2, 0.25) is 0 Å². The van der Waals surface area contributed by atoms with E-state index in [2.05, 4.69) is 9.98 Å². The van der Waals surface area contributed by atoms with Gasteiger partial charge in [-0.05, 0) is 6.07 Å². The van der Waals surface area contributed by atoms with Gasteiger partial charge in [0.2, 0.25) is 0 Å². The number of hydrogen-bond acceptors (Lipinski definition) is 2. The van der Waals surface area contributed by atoms with E-state index in [1.807, 2.05) is 24.4 Å². The standard InChI is InChI=1S/C11H12ClN3O/c1-16-7-4-9-8(2-3-14-9)10(5-7)15-11(13)6-12/h2-5,14H,6H2,1H3,(H2,13,15). The van der Waals surface area contributed by atoms with E-state index in [0.29, 0.717) is 5.84 Å². The van der Waals surface area contributed by atoms with Crippen molar-refractivity contribution < 1.29 is 4.74 Å². The monoisotopic (exact) mass is 237 g/mol. The third-order valence-corrected chi connectivity index (χ3v) is 2.53. The summed E-state index contributed by atoms with van der Waals surface area (Å²) in [6.45, 7) is 0. The zero-order chi connectivity index (χ0) is 11.5. The normalized spacial score (nSPS) is 12.0. The topological polar surface area (TPSA) is 63.4 Å². The number of H-pyrrole nitrogens is 1. The van der Waals surface area contributed by atoms with Crippen molar-refractivity contribution in [3.05, 3.63) is 24.4 Å². The lowest BCUT2D eigenvalue weighted by Gasteiger charge is -2.03. The first-order chi connectivity index (χ1) is 7.74. The van der Waals surface area contributed by atoms with Gasteiger partial charge in [-0.2, -0.15) is 0 Å². The molecule has 0 radical (unpaired) electrons. The second-order valence-electron chi connectivity index (χ2n) is 3.32. The van der Waals surface area contributed by atoms with Crippen molar-refractivity contribution in [1.82, 2.24) is 4.98 Å². The molecule has 16 heavy (non-hydrogen) atoms. The van der Waals surface area contributed by atoms with Crippen LogP contribution in [0.3, 0.4) is 0 Å². The summed E-state index contributed by atoms with van der Waals surface area (Å²) < 4.78 is 5.18. The summed E-state index contributed by atoms with van der Waals surface area (Å²) in [5.74, 6) is 1.33. The average Bonchev–Trinajstić information content (AvgIpc) is 2.76. The number of methoxy groups -OCH3 is 1. The molecule has 1 aromatic heterocycles. The fourth-order valence-electron chi connectivity index (χ4n) is 1.52. The summed E-state index contributed by atoms with van der Waals surface area (Å²) in [7, 11) is 1.61. The Morgan fingerprint density at radius 3 is 3.06 bits per heavy atom. The Labute approximate surface area is 98.1 Å². The number of ether oxygens (including phenoxy) is 1. The predicted octanol–water partition coefficient (Wildman–Crippen LogP) is 2.40. The van der Waals surface area contributed by atoms with Gasteiger partial charge in [-0.15, -0.1) is 11.6 Å². The zero-order valence-corrected chi connectivity index (χ0v) is 9.58. The third-order valence-electron chi connectivity index (χ3n) is 2.26. The molecule has 0 amide bonds. The van der Waals surface area contributed by atoms with E-state index in [1.54, 1.807) is 7.11 Å². The van der Waals surface area contributed by atoms with Crippen molar-refractivity contribution in [3.8, 4) is 5.75 Å². The molecule has 0 aliphatic carbocycles. The van der Waals surface area contributed by atoms with E-state index in [9.17, 15) is 0 Å². The van der Waals surface area contributed by atoms with Crippen LogP contribution in [0.25, 0.3) is 10.9 Å². The molecule has 0 saturated heterocycles. The first-order valence-electron chi connectivity index (χ1n) is 4.78. The summed E-state index contributed by atoms with van der Waals surface area (Å²) in [5.41, 5.74) is 7.34. The van der Waals surface area contributed by atoms with Crippen LogP contribution in [0.5, 0.6) is 5.75 Å². The van der Waals surface area contributed by atoms with Crippen molar-refractivity contribution in [2.75, 3.05) is 13.0 Å². The Bertz CT molecular complexity index is 533. The Morgan fingerprint density at radius 2 is 2.38 bits per heavy atom. The molecule has 5 heteroatoms. The molecule has 0 aliphatic rings. The van der Waals surface area contributed by atoms with Crippen LogP contribution in [0.1, 0.15) is 0 Å². The highest BCUT2D eigenvalue weighted by molar-refractivity contribution is 6.28. The van der Waals surface area contributed by atoms with Gasteiger partial charge in [0.15, 0.2) is 0 Å². The van der Waals surface area contributed by atoms with Gasteiger partial charge < -0.3 is 15.5 Å². The molecule has 0 spiro atoms. The summed E-state index contributed by atoms with van der Waals surface area (Å²) in [6.07, 6.45) is 1.85. The maximum absolute atomic E-state index is 5.62. The minimum atomic E-state index is 0.211. The molecule has 1 aromatic carbocycles. The first kappa shape index (κ1) is 10.8. The van der Waals surface area contributed by atoms with Gasteiger partial charge in [0.05, 0.1) is 24.2 Å². The van der Waals surface area contributed by atoms with Crippen molar-refractivity contribution in [1.29, 1.82) is 0 Å². The van der Waals surface area contributed by atoms with Gasteiger partial charge >= 0.3 is 0 Å². The largest absolute Gasteiger partial charge is 0.497 e. The van der Waals surface area contributed by atoms with Crippen molar-refractivity contribution >= 4 is 34.0 Å². The molecule has 0 fully saturated rings. The quantitative estimate of drug-likeness (QED) is 0.489. The van der Waals surface area contributed by atoms with Crippen LogP contribution in [0, 0.1) is 0 Å². The summed E-state index contributed by atoms with van der Waals surface area (Å²) in [5, 5.41) is 0.994. The van der Waals surface area contributed by atoms with Crippen LogP contribution in [0.4, 0.5) is 5.69 Å². The van der Waals surface area contributed by atoms with Gasteiger partial charge in [0.1, 0.15) is 11.6 Å². The molecular formula is C11H12ClN3O. The van der Waals surface area contributed by atoms with Crippen LogP contribution < -0.4 is 10.5 Å². The van der Waals surface area contributed by atoms with Gasteiger partial charge in [0, 0.05) is 23.7 Å². The zero-order valence-electron chi connectivity index (χ0n) is 8.83. The third kappa shape index (κ3) is 1.97. The Balaban J connectivity index is 2.61. The Hall–Kier alpha value is -1.68. The van der Waals surface area contributed by atoms with Gasteiger partial charge in [-0.1, -0.05) is 0 Å². The van der Waals surface area contributed by atoms with Gasteiger partial charge in [0.25, 0.3) is 0 Å². The van der Waals surface area contributed by atoms with E-state index < -0.39 is 0 Å². The highest BCUT2D eigenvalue weighted by atomic mass is 35.5. The number of rotatable bonds is 3. The molecule has 0 saturated carbocycles. The van der Waals surface area contributed by atoms with Gasteiger partial charge in [-0.3, -0.25) is 0 Å². The minimum Gasteiger partial charge on any atom is -0.497 e. The molecule has 2 aromatic rings. The number of nitrogens with zero attached hydrogens (tertiary/aromatic N) is 1. The average molecular weight is 238 g/mol. The molecule has 2 rings (SSSR count). The highest BCUT2D eigenvalue weighted by Gasteiger charge is 2.05. The van der Waals surface area contributed by atoms with E-state index in [0.717, 1.165) is 22.3 Å². The van der Waals surface area contributed by atoms with Crippen LogP contribution in [-0.2, 0) is 0 Å². The van der Waals surface area contributed by atoms with Crippen LogP contribution in [-0.4, -0.2) is 23.8 Å². The molecule has 0 aliphatic heterocycles. The fraction of sp³-hybridized carbons (Fsp3) is 0.182. The van der Waals surface area contributed by atoms with E-state index in [1.165, 1.54) is 0 Å². The number of aromatic nitrogens is 1. The maximum atomic E-state index is 5.62. The number of halogens is 1. The predicted molar refractivity (Wildman–Crippen MR) is 66.9 cm³/mol. The van der Waals surface area contributed by atoms with E-state index in [4.69, 9.17) is 22.1 Å². The smallest absolute Gasteiger partial charge is 0.123 e. The van der Waals surface area contributed by atoms with Crippen molar-refractivity contribution in [2.24, 2.45) is 10.7 Å². The molecular weight excluding hydrogens is 226 g/mol. The highest BCUT2D eigenvalue weighted by Crippen LogP contribution is 2.30. The molecule has 84 valence electrons. The SMILES string of the molecule is COc1cc(N=C(N)CCl)c2cc[nH]c2c1. The first-order valence-corrected chi connectivity index (χ1v) is 5.32. The molecule has 3 N–H and O–H groups in total. The number of hydrogen-bond donors (Lipinski definition) is 2. The summed E-state index contributed by atoms with van der Waals surface area (Å²) in [4.78, 5) is 7.35. The number of fused-ring (bicyclic) bond motifs is 1. The number of alkyl halides is 1. The van der Waals surface area contributed by atoms with E-state index in [-0.39, 0.29) is 5.88 Å². The maximum Gasteiger partial charge on any atom is 0.123 e. The van der Waals surface area contributed by atoms with Crippen LogP contribution in [0.15, 0.2) is 29.4 Å². The van der Waals surface area contributed by atoms with Gasteiger partial charge in [-0.25, -0.2) is 4.99 Å². The Kier molecular flexibility index (Phi) is 3.01. The van der Waals surface area contributed by atoms with Crippen molar-refractivity contribution in [2.45, 2.75) is 0 Å². The number of nitrogens with one attached hydrogen (secondary N) is 1. The summed E-state index contributed by atoms with van der Waals surface area (Å²) >= 11 is 5.61. The number of amidine groups is 1. The number of aliphatic imine (C=N–C) groups is 1. The Morgan fingerprint density at radius 1 is 1.56 bits per heavy atom. The lowest BCUT2D eigenvalue weighted by atomic mass is 10.2. The molecule has 0 bridgehead atoms. The van der Waals surface area contributed by atoms with Crippen LogP contribution >= 0.6 is 11.6 Å². The minimum absolute atomic E-state index is 0.211. The number of aromatic amines is 1. The lowest BCUT2D eigenvalue weighted by Crippen LogP contribution is -2.12. The lowest BCUT2D eigenvalue weighted by molar-refractivity contribution is 0.415. The number of benzene rings is 1. The van der Waals surface area contributed by atoms with Crippen molar-refractivity contribution in [3.63, 3.8) is 0 Å². The summed E-state index contributed by atoms with van der Waals surface area (Å²) in [6, 6.07) is 5.68. The number of nitrogens with two attached hydrogens (primary N) is 1. The molecule has 0 atom stereocenters. The molecule has 1 heterocycles. The second-order valence-corrected chi connectivity index (χ2v) is 3.59. The van der Waals surface area contributed by atoms with E-state index >= 15 is 0 Å². The molecule has 4 nitrogen and oxygen atoms in total. The fourth-order valence-corrected chi connectivity index (χ4v) is 1.58. The second kappa shape index (κ2) is 4.45.